The van der Waals surface area contributed by atoms with Crippen LogP contribution in [0.25, 0.3) is 0 Å². The molecule has 1 saturated carbocycles. The lowest BCUT2D eigenvalue weighted by Gasteiger charge is -2.29. The SMILES string of the molecule is C[N+]1(C)CCCC1/C=C1\CCCC1=O. The van der Waals surface area contributed by atoms with E-state index in [0.717, 1.165) is 29.3 Å². The number of likely N-dealkylation sites (N-methyl/N-ethyl adjacent to an activating group) is 1. The third kappa shape index (κ3) is 1.76. The van der Waals surface area contributed by atoms with Gasteiger partial charge in [0, 0.05) is 19.3 Å². The molecule has 1 unspecified atom stereocenters. The molecule has 2 nitrogen and oxygen atoms in total. The molecule has 2 heteroatoms. The Hall–Kier alpha value is -0.630. The van der Waals surface area contributed by atoms with Crippen molar-refractivity contribution in [2.75, 3.05) is 20.6 Å². The Morgan fingerprint density at radius 2 is 2.07 bits per heavy atom. The summed E-state index contributed by atoms with van der Waals surface area (Å²) in [6, 6.07) is 0.590. The van der Waals surface area contributed by atoms with Gasteiger partial charge < -0.3 is 4.48 Å². The van der Waals surface area contributed by atoms with Crippen molar-refractivity contribution in [2.24, 2.45) is 0 Å². The summed E-state index contributed by atoms with van der Waals surface area (Å²) in [5.41, 5.74) is 1.11. The van der Waals surface area contributed by atoms with Gasteiger partial charge in [-0.25, -0.2) is 0 Å². The normalized spacial score (nSPS) is 34.3. The zero-order chi connectivity index (χ0) is 10.2. The Balaban J connectivity index is 2.13. The van der Waals surface area contributed by atoms with Gasteiger partial charge in [0.2, 0.25) is 0 Å². The van der Waals surface area contributed by atoms with Crippen molar-refractivity contribution in [3.8, 4) is 0 Å². The van der Waals surface area contributed by atoms with Crippen molar-refractivity contribution < 1.29 is 9.28 Å². The third-order valence-electron chi connectivity index (χ3n) is 3.73. The van der Waals surface area contributed by atoms with E-state index in [1.807, 2.05) is 0 Å². The first-order valence-corrected chi connectivity index (χ1v) is 5.66. The van der Waals surface area contributed by atoms with Crippen LogP contribution in [0, 0.1) is 0 Å². The highest BCUT2D eigenvalue weighted by atomic mass is 16.1. The number of allylic oxidation sites excluding steroid dienone is 1. The van der Waals surface area contributed by atoms with Gasteiger partial charge in [0.25, 0.3) is 0 Å². The van der Waals surface area contributed by atoms with Crippen LogP contribution in [-0.2, 0) is 4.79 Å². The molecule has 1 aliphatic carbocycles. The number of likely N-dealkylation sites (tertiary alicyclic amines) is 1. The lowest BCUT2D eigenvalue weighted by molar-refractivity contribution is -0.895. The molecule has 0 amide bonds. The van der Waals surface area contributed by atoms with Crippen LogP contribution in [0.3, 0.4) is 0 Å². The summed E-state index contributed by atoms with van der Waals surface area (Å²) in [5.74, 6) is 0.400. The third-order valence-corrected chi connectivity index (χ3v) is 3.73. The standard InChI is InChI=1S/C12H20NO/c1-13(2)8-4-6-11(13)9-10-5-3-7-12(10)14/h9,11H,3-8H2,1-2H3/q+1/b10-9+. The highest BCUT2D eigenvalue weighted by Crippen LogP contribution is 2.28. The fraction of sp³-hybridized carbons (Fsp3) is 0.750. The predicted octanol–water partition coefficient (Wildman–Crippen LogP) is 1.90. The first-order valence-electron chi connectivity index (χ1n) is 5.66. The molecular weight excluding hydrogens is 174 g/mol. The molecule has 2 fully saturated rings. The van der Waals surface area contributed by atoms with Gasteiger partial charge in [-0.2, -0.15) is 0 Å². The lowest BCUT2D eigenvalue weighted by atomic mass is 10.1. The summed E-state index contributed by atoms with van der Waals surface area (Å²) in [6.07, 6.45) is 7.70. The molecule has 78 valence electrons. The van der Waals surface area contributed by atoms with Crippen molar-refractivity contribution in [1.29, 1.82) is 0 Å². The second kappa shape index (κ2) is 3.50. The number of Topliss-reactive ketones (excluding diaryl/α,β-unsaturated/α-hetero) is 1. The van der Waals surface area contributed by atoms with Gasteiger partial charge in [-0.05, 0) is 24.5 Å². The molecule has 0 N–H and O–H groups in total. The van der Waals surface area contributed by atoms with E-state index in [9.17, 15) is 4.79 Å². The fourth-order valence-corrected chi connectivity index (χ4v) is 2.66. The second-order valence-corrected chi connectivity index (χ2v) is 5.18. The lowest BCUT2D eigenvalue weighted by Crippen LogP contribution is -2.43. The van der Waals surface area contributed by atoms with Crippen LogP contribution in [0.5, 0.6) is 0 Å². The van der Waals surface area contributed by atoms with Crippen molar-refractivity contribution in [1.82, 2.24) is 0 Å². The smallest absolute Gasteiger partial charge is 0.158 e. The number of carbonyl (C=O) groups excluding carboxylic acids is 1. The van der Waals surface area contributed by atoms with E-state index >= 15 is 0 Å². The Labute approximate surface area is 86.2 Å². The summed E-state index contributed by atoms with van der Waals surface area (Å²) < 4.78 is 1.07. The van der Waals surface area contributed by atoms with Gasteiger partial charge in [-0.15, -0.1) is 0 Å². The topological polar surface area (TPSA) is 17.1 Å². The molecule has 2 rings (SSSR count). The van der Waals surface area contributed by atoms with Crippen LogP contribution in [-0.4, -0.2) is 36.9 Å². The summed E-state index contributed by atoms with van der Waals surface area (Å²) >= 11 is 0. The van der Waals surface area contributed by atoms with E-state index < -0.39 is 0 Å². The van der Waals surface area contributed by atoms with Crippen LogP contribution in [0.4, 0.5) is 0 Å². The molecule has 1 saturated heterocycles. The first-order chi connectivity index (χ1) is 6.59. The molecule has 1 atom stereocenters. The average molecular weight is 194 g/mol. The molecule has 2 aliphatic rings. The zero-order valence-corrected chi connectivity index (χ0v) is 9.25. The summed E-state index contributed by atoms with van der Waals surface area (Å²) in [6.45, 7) is 1.25. The fourth-order valence-electron chi connectivity index (χ4n) is 2.66. The molecule has 0 aromatic carbocycles. The minimum Gasteiger partial charge on any atom is -0.323 e. The maximum atomic E-state index is 11.5. The van der Waals surface area contributed by atoms with E-state index in [-0.39, 0.29) is 0 Å². The van der Waals surface area contributed by atoms with E-state index in [0.29, 0.717) is 11.8 Å². The number of hydrogen-bond donors (Lipinski definition) is 0. The van der Waals surface area contributed by atoms with Crippen molar-refractivity contribution in [3.63, 3.8) is 0 Å². The van der Waals surface area contributed by atoms with Crippen LogP contribution >= 0.6 is 0 Å². The number of ketones is 1. The molecular formula is C12H20NO+. The Bertz CT molecular complexity index is 278. The molecule has 1 aliphatic heterocycles. The van der Waals surface area contributed by atoms with Crippen LogP contribution < -0.4 is 0 Å². The number of hydrogen-bond acceptors (Lipinski definition) is 1. The molecule has 0 bridgehead atoms. The van der Waals surface area contributed by atoms with Gasteiger partial charge >= 0.3 is 0 Å². The number of quaternary nitrogens is 1. The molecule has 0 radical (unpaired) electrons. The monoisotopic (exact) mass is 194 g/mol. The van der Waals surface area contributed by atoms with Crippen molar-refractivity contribution in [2.45, 2.75) is 38.1 Å². The second-order valence-electron chi connectivity index (χ2n) is 5.18. The first kappa shape index (κ1) is 9.91. The molecule has 0 spiro atoms. The van der Waals surface area contributed by atoms with Crippen molar-refractivity contribution >= 4 is 5.78 Å². The number of rotatable bonds is 1. The summed E-state index contributed by atoms with van der Waals surface area (Å²) in [4.78, 5) is 11.5. The van der Waals surface area contributed by atoms with Crippen LogP contribution in [0.15, 0.2) is 11.6 Å². The molecule has 0 aromatic rings. The number of carbonyl (C=O) groups is 1. The maximum Gasteiger partial charge on any atom is 0.158 e. The summed E-state index contributed by atoms with van der Waals surface area (Å²) in [7, 11) is 4.54. The minimum atomic E-state index is 0.400. The molecule has 14 heavy (non-hydrogen) atoms. The minimum absolute atomic E-state index is 0.400. The highest BCUT2D eigenvalue weighted by Gasteiger charge is 2.33. The van der Waals surface area contributed by atoms with Gasteiger partial charge in [0.15, 0.2) is 5.78 Å². The Morgan fingerprint density at radius 1 is 1.29 bits per heavy atom. The van der Waals surface area contributed by atoms with Crippen LogP contribution in [0.2, 0.25) is 0 Å². The Morgan fingerprint density at radius 3 is 2.57 bits per heavy atom. The zero-order valence-electron chi connectivity index (χ0n) is 9.25. The van der Waals surface area contributed by atoms with Crippen LogP contribution in [0.1, 0.15) is 32.1 Å². The molecule has 0 aromatic heterocycles. The Kier molecular flexibility index (Phi) is 2.48. The van der Waals surface area contributed by atoms with Gasteiger partial charge in [-0.3, -0.25) is 4.79 Å². The highest BCUT2D eigenvalue weighted by molar-refractivity contribution is 5.97. The van der Waals surface area contributed by atoms with Gasteiger partial charge in [0.1, 0.15) is 6.04 Å². The largest absolute Gasteiger partial charge is 0.323 e. The molecule has 1 heterocycles. The summed E-state index contributed by atoms with van der Waals surface area (Å²) in [5, 5.41) is 0. The van der Waals surface area contributed by atoms with E-state index in [4.69, 9.17) is 0 Å². The van der Waals surface area contributed by atoms with Gasteiger partial charge in [-0.1, -0.05) is 0 Å². The van der Waals surface area contributed by atoms with E-state index in [1.165, 1.54) is 19.4 Å². The van der Waals surface area contributed by atoms with Gasteiger partial charge in [0.05, 0.1) is 20.6 Å². The number of nitrogens with zero attached hydrogens (tertiary/aromatic N) is 1. The van der Waals surface area contributed by atoms with E-state index in [2.05, 4.69) is 20.2 Å². The van der Waals surface area contributed by atoms with Crippen molar-refractivity contribution in [3.05, 3.63) is 11.6 Å². The van der Waals surface area contributed by atoms with E-state index in [1.54, 1.807) is 0 Å². The average Bonchev–Trinajstić information content (AvgIpc) is 2.62. The maximum absolute atomic E-state index is 11.5. The predicted molar refractivity (Wildman–Crippen MR) is 56.9 cm³/mol. The quantitative estimate of drug-likeness (QED) is 0.460.